The molecule has 0 spiro atoms. The molecule has 20 heavy (non-hydrogen) atoms. The van der Waals surface area contributed by atoms with E-state index < -0.39 is 0 Å². The third-order valence-electron chi connectivity index (χ3n) is 3.40. The Hall–Kier alpha value is -2.20. The lowest BCUT2D eigenvalue weighted by Crippen LogP contribution is -2.23. The highest BCUT2D eigenvalue weighted by Crippen LogP contribution is 2.26. The van der Waals surface area contributed by atoms with Crippen molar-refractivity contribution in [2.24, 2.45) is 0 Å². The maximum Gasteiger partial charge on any atom is 0.274 e. The highest BCUT2D eigenvalue weighted by Gasteiger charge is 2.19. The molecule has 0 saturated heterocycles. The second-order valence-electron chi connectivity index (χ2n) is 4.84. The fourth-order valence-electron chi connectivity index (χ4n) is 2.32. The van der Waals surface area contributed by atoms with E-state index in [1.165, 1.54) is 0 Å². The summed E-state index contributed by atoms with van der Waals surface area (Å²) in [4.78, 5) is 10.7. The van der Waals surface area contributed by atoms with Crippen molar-refractivity contribution in [2.45, 2.75) is 25.9 Å². The lowest BCUT2D eigenvalue weighted by Gasteiger charge is -2.20. The first kappa shape index (κ1) is 14.2. The van der Waals surface area contributed by atoms with Gasteiger partial charge in [0.05, 0.1) is 4.92 Å². The Labute approximate surface area is 118 Å². The van der Waals surface area contributed by atoms with Crippen LogP contribution in [0.2, 0.25) is 0 Å². The van der Waals surface area contributed by atoms with Crippen molar-refractivity contribution >= 4 is 5.69 Å². The van der Waals surface area contributed by atoms with Crippen molar-refractivity contribution in [3.63, 3.8) is 0 Å². The Bertz CT molecular complexity index is 584. The Morgan fingerprint density at radius 1 is 0.950 bits per heavy atom. The Morgan fingerprint density at radius 2 is 1.55 bits per heavy atom. The Balaban J connectivity index is 2.16. The standard InChI is InChI=1S/C16H18N2O2/c1-12(14-8-4-3-5-9-14)17-13(2)15-10-6-7-11-16(15)18(19)20/h3-13,17H,1-2H3/t12-,13?/m0/s1. The molecule has 0 radical (unpaired) electrons. The number of nitrogens with one attached hydrogen (secondary N) is 1. The van der Waals surface area contributed by atoms with E-state index in [1.54, 1.807) is 18.2 Å². The topological polar surface area (TPSA) is 55.2 Å². The van der Waals surface area contributed by atoms with Gasteiger partial charge >= 0.3 is 0 Å². The van der Waals surface area contributed by atoms with Crippen LogP contribution in [0.15, 0.2) is 54.6 Å². The summed E-state index contributed by atoms with van der Waals surface area (Å²) in [6.07, 6.45) is 0. The highest BCUT2D eigenvalue weighted by atomic mass is 16.6. The third-order valence-corrected chi connectivity index (χ3v) is 3.40. The van der Waals surface area contributed by atoms with Gasteiger partial charge in [0.2, 0.25) is 0 Å². The van der Waals surface area contributed by atoms with Gasteiger partial charge in [0, 0.05) is 23.7 Å². The van der Waals surface area contributed by atoms with Crippen molar-refractivity contribution in [1.82, 2.24) is 5.32 Å². The quantitative estimate of drug-likeness (QED) is 0.659. The summed E-state index contributed by atoms with van der Waals surface area (Å²) in [6, 6.07) is 16.9. The van der Waals surface area contributed by atoms with Gasteiger partial charge in [-0.25, -0.2) is 0 Å². The summed E-state index contributed by atoms with van der Waals surface area (Å²) in [5.74, 6) is 0. The number of para-hydroxylation sites is 1. The van der Waals surface area contributed by atoms with Crippen LogP contribution in [-0.4, -0.2) is 4.92 Å². The summed E-state index contributed by atoms with van der Waals surface area (Å²) < 4.78 is 0. The maximum atomic E-state index is 11.1. The predicted octanol–water partition coefficient (Wildman–Crippen LogP) is 4.01. The van der Waals surface area contributed by atoms with Crippen molar-refractivity contribution in [1.29, 1.82) is 0 Å². The SMILES string of the molecule is CC(N[C@@H](C)c1ccccc1)c1ccccc1[N+](=O)[O-]. The molecule has 0 aliphatic rings. The van der Waals surface area contributed by atoms with Gasteiger partial charge in [0.15, 0.2) is 0 Å². The highest BCUT2D eigenvalue weighted by molar-refractivity contribution is 5.41. The van der Waals surface area contributed by atoms with Gasteiger partial charge in [-0.05, 0) is 19.4 Å². The van der Waals surface area contributed by atoms with E-state index in [4.69, 9.17) is 0 Å². The zero-order valence-electron chi connectivity index (χ0n) is 11.6. The minimum atomic E-state index is -0.333. The molecule has 0 saturated carbocycles. The molecule has 0 aliphatic carbocycles. The fraction of sp³-hybridized carbons (Fsp3) is 0.250. The molecule has 2 aromatic carbocycles. The van der Waals surface area contributed by atoms with Crippen LogP contribution in [0.3, 0.4) is 0 Å². The van der Waals surface area contributed by atoms with Gasteiger partial charge in [-0.15, -0.1) is 0 Å². The average Bonchev–Trinajstić information content (AvgIpc) is 2.48. The molecule has 1 N–H and O–H groups in total. The average molecular weight is 270 g/mol. The monoisotopic (exact) mass is 270 g/mol. The molecule has 0 aromatic heterocycles. The molecule has 2 atom stereocenters. The zero-order chi connectivity index (χ0) is 14.5. The van der Waals surface area contributed by atoms with Crippen LogP contribution in [0, 0.1) is 10.1 Å². The maximum absolute atomic E-state index is 11.1. The molecule has 4 heteroatoms. The third kappa shape index (κ3) is 3.22. The summed E-state index contributed by atoms with van der Waals surface area (Å²) >= 11 is 0. The number of nitrogens with zero attached hydrogens (tertiary/aromatic N) is 1. The zero-order valence-corrected chi connectivity index (χ0v) is 11.6. The van der Waals surface area contributed by atoms with Crippen LogP contribution in [-0.2, 0) is 0 Å². The minimum absolute atomic E-state index is 0.0909. The molecule has 0 amide bonds. The van der Waals surface area contributed by atoms with Crippen LogP contribution in [0.1, 0.15) is 37.1 Å². The first-order valence-electron chi connectivity index (χ1n) is 6.64. The molecule has 0 fully saturated rings. The van der Waals surface area contributed by atoms with Crippen molar-refractivity contribution in [2.75, 3.05) is 0 Å². The minimum Gasteiger partial charge on any atom is -0.303 e. The molecule has 4 nitrogen and oxygen atoms in total. The molecule has 104 valence electrons. The molecular weight excluding hydrogens is 252 g/mol. The number of nitro benzene ring substituents is 1. The smallest absolute Gasteiger partial charge is 0.274 e. The van der Waals surface area contributed by atoms with Gasteiger partial charge in [-0.2, -0.15) is 0 Å². The molecule has 0 bridgehead atoms. The number of hydrogen-bond acceptors (Lipinski definition) is 3. The first-order chi connectivity index (χ1) is 9.59. The van der Waals surface area contributed by atoms with E-state index in [-0.39, 0.29) is 22.7 Å². The van der Waals surface area contributed by atoms with E-state index in [0.717, 1.165) is 5.56 Å². The van der Waals surface area contributed by atoms with Gasteiger partial charge in [0.1, 0.15) is 0 Å². The molecule has 1 unspecified atom stereocenters. The van der Waals surface area contributed by atoms with Crippen LogP contribution in [0.25, 0.3) is 0 Å². The van der Waals surface area contributed by atoms with E-state index in [9.17, 15) is 10.1 Å². The van der Waals surface area contributed by atoms with Crippen molar-refractivity contribution in [3.8, 4) is 0 Å². The fourth-order valence-corrected chi connectivity index (χ4v) is 2.32. The van der Waals surface area contributed by atoms with Crippen LogP contribution < -0.4 is 5.32 Å². The molecule has 2 rings (SSSR count). The second-order valence-corrected chi connectivity index (χ2v) is 4.84. The van der Waals surface area contributed by atoms with Crippen molar-refractivity contribution < 1.29 is 4.92 Å². The summed E-state index contributed by atoms with van der Waals surface area (Å²) in [5.41, 5.74) is 2.03. The first-order valence-corrected chi connectivity index (χ1v) is 6.64. The van der Waals surface area contributed by atoms with Gasteiger partial charge in [0.25, 0.3) is 5.69 Å². The van der Waals surface area contributed by atoms with Gasteiger partial charge in [-0.3, -0.25) is 10.1 Å². The molecule has 2 aromatic rings. The van der Waals surface area contributed by atoms with Crippen LogP contribution >= 0.6 is 0 Å². The van der Waals surface area contributed by atoms with Crippen LogP contribution in [0.5, 0.6) is 0 Å². The van der Waals surface area contributed by atoms with E-state index >= 15 is 0 Å². The summed E-state index contributed by atoms with van der Waals surface area (Å²) in [6.45, 7) is 4.00. The summed E-state index contributed by atoms with van der Waals surface area (Å²) in [5, 5.41) is 14.5. The van der Waals surface area contributed by atoms with E-state index in [0.29, 0.717) is 5.56 Å². The van der Waals surface area contributed by atoms with Crippen LogP contribution in [0.4, 0.5) is 5.69 Å². The lowest BCUT2D eigenvalue weighted by atomic mass is 10.0. The Kier molecular flexibility index (Phi) is 4.48. The normalized spacial score (nSPS) is 13.7. The van der Waals surface area contributed by atoms with Gasteiger partial charge < -0.3 is 5.32 Å². The number of rotatable bonds is 5. The molecular formula is C16H18N2O2. The second kappa shape index (κ2) is 6.30. The number of hydrogen-bond donors (Lipinski definition) is 1. The lowest BCUT2D eigenvalue weighted by molar-refractivity contribution is -0.385. The summed E-state index contributed by atoms with van der Waals surface area (Å²) in [7, 11) is 0. The molecule has 0 heterocycles. The van der Waals surface area contributed by atoms with Crippen molar-refractivity contribution in [3.05, 3.63) is 75.8 Å². The van der Waals surface area contributed by atoms with E-state index in [2.05, 4.69) is 12.2 Å². The number of benzene rings is 2. The molecule has 0 aliphatic heterocycles. The predicted molar refractivity (Wildman–Crippen MR) is 79.5 cm³/mol. The largest absolute Gasteiger partial charge is 0.303 e. The Morgan fingerprint density at radius 3 is 2.20 bits per heavy atom. The number of nitro groups is 1. The van der Waals surface area contributed by atoms with Gasteiger partial charge in [-0.1, -0.05) is 48.5 Å². The van der Waals surface area contributed by atoms with E-state index in [1.807, 2.05) is 43.3 Å².